The largest absolute Gasteiger partial charge is 0.372 e. The predicted molar refractivity (Wildman–Crippen MR) is 91.0 cm³/mol. The molecule has 0 aromatic heterocycles. The highest BCUT2D eigenvalue weighted by Crippen LogP contribution is 2.32. The van der Waals surface area contributed by atoms with E-state index in [1.165, 1.54) is 11.8 Å². The zero-order chi connectivity index (χ0) is 15.7. The SMILES string of the molecule is C[C@@H]1CN(C2=NC(=O)/C(=C/c3ccccc3Cl)S2)C[C@H](C)O1. The molecule has 1 fully saturated rings. The van der Waals surface area contributed by atoms with Crippen molar-refractivity contribution >= 4 is 40.5 Å². The van der Waals surface area contributed by atoms with E-state index in [0.29, 0.717) is 9.93 Å². The molecule has 1 saturated heterocycles. The maximum absolute atomic E-state index is 12.1. The first-order valence-electron chi connectivity index (χ1n) is 7.20. The Balaban J connectivity index is 1.78. The molecule has 0 bridgehead atoms. The van der Waals surface area contributed by atoms with E-state index in [1.807, 2.05) is 38.1 Å². The number of amides is 1. The van der Waals surface area contributed by atoms with Crippen LogP contribution in [0.5, 0.6) is 0 Å². The predicted octanol–water partition coefficient (Wildman–Crippen LogP) is 3.42. The molecule has 4 nitrogen and oxygen atoms in total. The number of hydrogen-bond donors (Lipinski definition) is 0. The Morgan fingerprint density at radius 3 is 2.68 bits per heavy atom. The number of benzene rings is 1. The van der Waals surface area contributed by atoms with E-state index in [-0.39, 0.29) is 18.1 Å². The molecule has 0 saturated carbocycles. The third kappa shape index (κ3) is 3.37. The van der Waals surface area contributed by atoms with Crippen LogP contribution in [0.3, 0.4) is 0 Å². The summed E-state index contributed by atoms with van der Waals surface area (Å²) in [5, 5.41) is 1.38. The molecular weight excluding hydrogens is 320 g/mol. The number of amidine groups is 1. The Morgan fingerprint density at radius 2 is 2.00 bits per heavy atom. The molecule has 2 aliphatic rings. The maximum Gasteiger partial charge on any atom is 0.286 e. The third-order valence-electron chi connectivity index (χ3n) is 3.49. The fourth-order valence-corrected chi connectivity index (χ4v) is 3.71. The average Bonchev–Trinajstić information content (AvgIpc) is 2.82. The van der Waals surface area contributed by atoms with E-state index < -0.39 is 0 Å². The van der Waals surface area contributed by atoms with Gasteiger partial charge in [-0.15, -0.1) is 0 Å². The zero-order valence-corrected chi connectivity index (χ0v) is 14.0. The van der Waals surface area contributed by atoms with Gasteiger partial charge in [-0.1, -0.05) is 29.8 Å². The summed E-state index contributed by atoms with van der Waals surface area (Å²) >= 11 is 7.55. The lowest BCUT2D eigenvalue weighted by Crippen LogP contribution is -2.47. The van der Waals surface area contributed by atoms with E-state index in [9.17, 15) is 4.79 Å². The summed E-state index contributed by atoms with van der Waals surface area (Å²) < 4.78 is 5.72. The number of carbonyl (C=O) groups excluding carboxylic acids is 1. The van der Waals surface area contributed by atoms with Crippen molar-refractivity contribution in [1.82, 2.24) is 4.90 Å². The maximum atomic E-state index is 12.1. The number of thioether (sulfide) groups is 1. The highest BCUT2D eigenvalue weighted by Gasteiger charge is 2.31. The van der Waals surface area contributed by atoms with Gasteiger partial charge in [0.25, 0.3) is 5.91 Å². The highest BCUT2D eigenvalue weighted by atomic mass is 35.5. The van der Waals surface area contributed by atoms with Crippen LogP contribution in [-0.2, 0) is 9.53 Å². The molecule has 3 rings (SSSR count). The minimum atomic E-state index is -0.202. The van der Waals surface area contributed by atoms with Crippen LogP contribution in [-0.4, -0.2) is 41.3 Å². The first-order valence-corrected chi connectivity index (χ1v) is 8.40. The summed E-state index contributed by atoms with van der Waals surface area (Å²) in [5.74, 6) is -0.202. The number of aliphatic imine (C=N–C) groups is 1. The number of rotatable bonds is 1. The second kappa shape index (κ2) is 6.44. The molecule has 0 aliphatic carbocycles. The molecule has 0 spiro atoms. The molecule has 2 atom stereocenters. The van der Waals surface area contributed by atoms with Crippen LogP contribution in [0.4, 0.5) is 0 Å². The highest BCUT2D eigenvalue weighted by molar-refractivity contribution is 8.18. The summed E-state index contributed by atoms with van der Waals surface area (Å²) in [6.07, 6.45) is 2.08. The number of halogens is 1. The topological polar surface area (TPSA) is 41.9 Å². The van der Waals surface area contributed by atoms with E-state index in [1.54, 1.807) is 6.08 Å². The van der Waals surface area contributed by atoms with Gasteiger partial charge in [-0.05, 0) is 43.3 Å². The number of hydrogen-bond acceptors (Lipinski definition) is 4. The molecule has 116 valence electrons. The van der Waals surface area contributed by atoms with Crippen molar-refractivity contribution in [2.24, 2.45) is 4.99 Å². The first kappa shape index (κ1) is 15.6. The van der Waals surface area contributed by atoms with Gasteiger partial charge in [-0.2, -0.15) is 4.99 Å². The fourth-order valence-electron chi connectivity index (χ4n) is 2.60. The standard InChI is InChI=1S/C16H17ClN2O2S/c1-10-8-19(9-11(2)21-10)16-18-15(20)14(22-16)7-12-5-3-4-6-13(12)17/h3-7,10-11H,8-9H2,1-2H3/b14-7-/t10-,11+. The molecule has 1 aromatic rings. The average molecular weight is 337 g/mol. The van der Waals surface area contributed by atoms with E-state index >= 15 is 0 Å². The van der Waals surface area contributed by atoms with Crippen LogP contribution in [0.25, 0.3) is 6.08 Å². The van der Waals surface area contributed by atoms with Crippen molar-refractivity contribution in [1.29, 1.82) is 0 Å². The molecule has 2 heterocycles. The molecule has 0 N–H and O–H groups in total. The quantitative estimate of drug-likeness (QED) is 0.737. The molecule has 6 heteroatoms. The Labute approximate surface area is 139 Å². The van der Waals surface area contributed by atoms with Gasteiger partial charge in [-0.3, -0.25) is 4.79 Å². The minimum absolute atomic E-state index is 0.138. The van der Waals surface area contributed by atoms with Crippen LogP contribution in [0, 0.1) is 0 Å². The molecular formula is C16H17ClN2O2S. The summed E-state index contributed by atoms with van der Waals surface area (Å²) in [6, 6.07) is 7.47. The zero-order valence-electron chi connectivity index (χ0n) is 12.5. The van der Waals surface area contributed by atoms with Crippen LogP contribution in [0.15, 0.2) is 34.2 Å². The normalized spacial score (nSPS) is 27.4. The van der Waals surface area contributed by atoms with Crippen LogP contribution < -0.4 is 0 Å². The number of nitrogens with zero attached hydrogens (tertiary/aromatic N) is 2. The van der Waals surface area contributed by atoms with Gasteiger partial charge in [0.2, 0.25) is 0 Å². The molecule has 0 unspecified atom stereocenters. The molecule has 2 aliphatic heterocycles. The van der Waals surface area contributed by atoms with Gasteiger partial charge in [0.05, 0.1) is 17.1 Å². The van der Waals surface area contributed by atoms with Crippen LogP contribution in [0.1, 0.15) is 19.4 Å². The second-order valence-electron chi connectivity index (χ2n) is 5.49. The minimum Gasteiger partial charge on any atom is -0.372 e. The van der Waals surface area contributed by atoms with Gasteiger partial charge in [0, 0.05) is 18.1 Å². The van der Waals surface area contributed by atoms with Crippen LogP contribution in [0.2, 0.25) is 5.02 Å². The lowest BCUT2D eigenvalue weighted by atomic mass is 10.2. The third-order valence-corrected chi connectivity index (χ3v) is 4.88. The van der Waals surface area contributed by atoms with Gasteiger partial charge in [0.15, 0.2) is 5.17 Å². The Kier molecular flexibility index (Phi) is 4.57. The second-order valence-corrected chi connectivity index (χ2v) is 6.91. The molecule has 1 aromatic carbocycles. The Hall–Kier alpha value is -1.30. The Bertz CT molecular complexity index is 649. The summed E-state index contributed by atoms with van der Waals surface area (Å²) in [7, 11) is 0. The van der Waals surface area contributed by atoms with E-state index in [2.05, 4.69) is 9.89 Å². The molecule has 22 heavy (non-hydrogen) atoms. The van der Waals surface area contributed by atoms with Gasteiger partial charge in [-0.25, -0.2) is 0 Å². The lowest BCUT2D eigenvalue weighted by molar-refractivity contribution is -0.113. The number of morpholine rings is 1. The summed E-state index contributed by atoms with van der Waals surface area (Å²) in [6.45, 7) is 5.57. The lowest BCUT2D eigenvalue weighted by Gasteiger charge is -2.35. The van der Waals surface area contributed by atoms with Crippen molar-refractivity contribution < 1.29 is 9.53 Å². The van der Waals surface area contributed by atoms with Gasteiger partial charge in [0.1, 0.15) is 0 Å². The number of carbonyl (C=O) groups is 1. The van der Waals surface area contributed by atoms with Crippen LogP contribution >= 0.6 is 23.4 Å². The van der Waals surface area contributed by atoms with Gasteiger partial charge < -0.3 is 9.64 Å². The molecule has 1 amide bonds. The monoisotopic (exact) mass is 336 g/mol. The number of ether oxygens (including phenoxy) is 1. The van der Waals surface area contributed by atoms with Crippen molar-refractivity contribution in [3.63, 3.8) is 0 Å². The first-order chi connectivity index (χ1) is 10.5. The van der Waals surface area contributed by atoms with Crippen molar-refractivity contribution in [3.8, 4) is 0 Å². The summed E-state index contributed by atoms with van der Waals surface area (Å²) in [4.78, 5) is 19.0. The smallest absolute Gasteiger partial charge is 0.286 e. The Morgan fingerprint density at radius 1 is 1.32 bits per heavy atom. The fraction of sp³-hybridized carbons (Fsp3) is 0.375. The summed E-state index contributed by atoms with van der Waals surface area (Å²) in [5.41, 5.74) is 0.834. The van der Waals surface area contributed by atoms with Gasteiger partial charge >= 0.3 is 0 Å². The van der Waals surface area contributed by atoms with Crippen molar-refractivity contribution in [3.05, 3.63) is 39.8 Å². The van der Waals surface area contributed by atoms with Crippen molar-refractivity contribution in [2.75, 3.05) is 13.1 Å². The van der Waals surface area contributed by atoms with E-state index in [4.69, 9.17) is 16.3 Å². The van der Waals surface area contributed by atoms with Crippen molar-refractivity contribution in [2.45, 2.75) is 26.1 Å². The molecule has 0 radical (unpaired) electrons. The van der Waals surface area contributed by atoms with E-state index in [0.717, 1.165) is 23.8 Å².